The van der Waals surface area contributed by atoms with Crippen molar-refractivity contribution in [3.05, 3.63) is 11.1 Å². The summed E-state index contributed by atoms with van der Waals surface area (Å²) in [7, 11) is 0. The lowest BCUT2D eigenvalue weighted by molar-refractivity contribution is -0.116. The highest BCUT2D eigenvalue weighted by molar-refractivity contribution is 9.14. The maximum Gasteiger partial charge on any atom is 0.184 e. The van der Waals surface area contributed by atoms with Gasteiger partial charge in [0.15, 0.2) is 10.6 Å². The lowest BCUT2D eigenvalue weighted by Gasteiger charge is -2.05. The van der Waals surface area contributed by atoms with E-state index in [9.17, 15) is 4.79 Å². The first-order valence-electron chi connectivity index (χ1n) is 2.27. The third kappa shape index (κ3) is 3.37. The summed E-state index contributed by atoms with van der Waals surface area (Å²) in [5.74, 6) is -0.315. The van der Waals surface area contributed by atoms with E-state index >= 15 is 0 Å². The minimum atomic E-state index is -1.00. The molecule has 0 saturated heterocycles. The monoisotopic (exact) mass is 308 g/mol. The summed E-state index contributed by atoms with van der Waals surface area (Å²) < 4.78 is 0.517. The molecule has 0 amide bonds. The van der Waals surface area contributed by atoms with Crippen molar-refractivity contribution in [2.24, 2.45) is 0 Å². The molecule has 0 N–H and O–H groups in total. The zero-order valence-corrected chi connectivity index (χ0v) is 9.47. The minimum absolute atomic E-state index is 0.315. The molecule has 0 aliphatic rings. The third-order valence-electron chi connectivity index (χ3n) is 0.740. The number of carbonyl (C=O) groups is 1. The van der Waals surface area contributed by atoms with Crippen LogP contribution in [0.3, 0.4) is 0 Å². The number of hydrogen-bond donors (Lipinski definition) is 0. The lowest BCUT2D eigenvalue weighted by atomic mass is 10.3. The zero-order valence-electron chi connectivity index (χ0n) is 4.78. The molecule has 0 saturated carbocycles. The molecule has 5 heteroatoms. The summed E-state index contributed by atoms with van der Waals surface area (Å²) >= 11 is 16.7. The van der Waals surface area contributed by atoms with Crippen molar-refractivity contribution in [3.63, 3.8) is 0 Å². The predicted molar refractivity (Wildman–Crippen MR) is 51.3 cm³/mol. The van der Waals surface area contributed by atoms with Crippen molar-refractivity contribution >= 4 is 60.8 Å². The largest absolute Gasteiger partial charge is 0.295 e. The summed E-state index contributed by atoms with van der Waals surface area (Å²) in [6, 6.07) is 0. The second-order valence-electron chi connectivity index (χ2n) is 1.51. The fourth-order valence-corrected chi connectivity index (χ4v) is 1.31. The summed E-state index contributed by atoms with van der Waals surface area (Å²) in [6.45, 7) is 3.49. The molecule has 0 aliphatic heterocycles. The molecule has 0 aromatic rings. The molecule has 0 fully saturated rings. The lowest BCUT2D eigenvalue weighted by Crippen LogP contribution is -2.19. The smallest absolute Gasteiger partial charge is 0.184 e. The van der Waals surface area contributed by atoms with Crippen LogP contribution in [0.4, 0.5) is 0 Å². The van der Waals surface area contributed by atoms with Crippen LogP contribution in [0.15, 0.2) is 11.1 Å². The summed E-state index contributed by atoms with van der Waals surface area (Å²) in [4.78, 5) is 9.37. The van der Waals surface area contributed by atoms with Gasteiger partial charge in [0.2, 0.25) is 0 Å². The van der Waals surface area contributed by atoms with E-state index in [1.165, 1.54) is 0 Å². The van der Waals surface area contributed by atoms with Crippen molar-refractivity contribution in [2.75, 3.05) is 0 Å². The zero-order chi connectivity index (χ0) is 8.31. The Morgan fingerprint density at radius 1 is 1.50 bits per heavy atom. The third-order valence-corrected chi connectivity index (χ3v) is 3.25. The van der Waals surface area contributed by atoms with E-state index in [2.05, 4.69) is 38.4 Å². The van der Waals surface area contributed by atoms with Crippen molar-refractivity contribution in [1.82, 2.24) is 0 Å². The number of halogens is 4. The predicted octanol–water partition coefficient (Wildman–Crippen LogP) is 3.03. The summed E-state index contributed by atoms with van der Waals surface area (Å²) in [5.41, 5.74) is 0. The van der Waals surface area contributed by atoms with Crippen LogP contribution in [0.25, 0.3) is 0 Å². The average molecular weight is 311 g/mol. The van der Waals surface area contributed by atoms with E-state index in [0.29, 0.717) is 4.48 Å². The first kappa shape index (κ1) is 11.0. The minimum Gasteiger partial charge on any atom is -0.295 e. The topological polar surface area (TPSA) is 17.1 Å². The Balaban J connectivity index is 4.08. The van der Waals surface area contributed by atoms with Crippen molar-refractivity contribution in [3.8, 4) is 0 Å². The first-order chi connectivity index (χ1) is 4.46. The van der Waals surface area contributed by atoms with E-state index in [-0.39, 0.29) is 5.78 Å². The van der Waals surface area contributed by atoms with Gasteiger partial charge in [0.05, 0.1) is 0 Å². The van der Waals surface area contributed by atoms with E-state index < -0.39 is 9.66 Å². The van der Waals surface area contributed by atoms with Crippen molar-refractivity contribution in [2.45, 2.75) is 9.66 Å². The first-order valence-corrected chi connectivity index (χ1v) is 4.85. The Morgan fingerprint density at radius 3 is 2.00 bits per heavy atom. The standard InChI is InChI=1S/C5H4Br2Cl2O/c1-2(6)3(7)4(10)5(8)9/h3,5H,1H2. The quantitative estimate of drug-likeness (QED) is 0.732. The summed E-state index contributed by atoms with van der Waals surface area (Å²) in [5, 5.41) is 0. The maximum atomic E-state index is 10.9. The van der Waals surface area contributed by atoms with Crippen LogP contribution in [0.2, 0.25) is 0 Å². The Morgan fingerprint density at radius 2 is 1.90 bits per heavy atom. The Hall–Kier alpha value is 0.950. The van der Waals surface area contributed by atoms with Crippen molar-refractivity contribution < 1.29 is 4.79 Å². The fraction of sp³-hybridized carbons (Fsp3) is 0.400. The highest BCUT2D eigenvalue weighted by Gasteiger charge is 2.22. The number of alkyl halides is 3. The van der Waals surface area contributed by atoms with Crippen LogP contribution in [-0.4, -0.2) is 15.4 Å². The Labute approximate surface area is 86.0 Å². The van der Waals surface area contributed by atoms with Crippen molar-refractivity contribution in [1.29, 1.82) is 0 Å². The molecule has 0 bridgehead atoms. The molecule has 0 spiro atoms. The highest BCUT2D eigenvalue weighted by Crippen LogP contribution is 2.21. The molecule has 0 heterocycles. The molecule has 1 nitrogen and oxygen atoms in total. The molecule has 0 aliphatic carbocycles. The van der Waals surface area contributed by atoms with Gasteiger partial charge in [0, 0.05) is 4.48 Å². The molecule has 58 valence electrons. The van der Waals surface area contributed by atoms with E-state index in [4.69, 9.17) is 23.2 Å². The molecule has 0 radical (unpaired) electrons. The van der Waals surface area contributed by atoms with Gasteiger partial charge in [0.25, 0.3) is 0 Å². The number of allylic oxidation sites excluding steroid dienone is 1. The van der Waals surface area contributed by atoms with Crippen LogP contribution in [0.5, 0.6) is 0 Å². The van der Waals surface area contributed by atoms with Gasteiger partial charge in [-0.3, -0.25) is 4.79 Å². The molecule has 0 rings (SSSR count). The van der Waals surface area contributed by atoms with Crippen LogP contribution in [-0.2, 0) is 4.79 Å². The molecule has 0 aromatic heterocycles. The van der Waals surface area contributed by atoms with E-state index in [1.807, 2.05) is 0 Å². The van der Waals surface area contributed by atoms with Gasteiger partial charge >= 0.3 is 0 Å². The van der Waals surface area contributed by atoms with Crippen LogP contribution < -0.4 is 0 Å². The van der Waals surface area contributed by atoms with E-state index in [0.717, 1.165) is 0 Å². The van der Waals surface area contributed by atoms with Crippen LogP contribution >= 0.6 is 55.1 Å². The molecule has 10 heavy (non-hydrogen) atoms. The Bertz CT molecular complexity index is 158. The molecule has 1 atom stereocenters. The van der Waals surface area contributed by atoms with Gasteiger partial charge in [-0.15, -0.1) is 0 Å². The summed E-state index contributed by atoms with van der Waals surface area (Å²) in [6.07, 6.45) is 0. The normalized spacial score (nSPS) is 13.3. The second-order valence-corrected chi connectivity index (χ2v) is 4.54. The van der Waals surface area contributed by atoms with Crippen LogP contribution in [0.1, 0.15) is 0 Å². The number of hydrogen-bond acceptors (Lipinski definition) is 1. The molecule has 1 unspecified atom stereocenters. The fourth-order valence-electron chi connectivity index (χ4n) is 0.265. The van der Waals surface area contributed by atoms with Gasteiger partial charge in [-0.25, -0.2) is 0 Å². The maximum absolute atomic E-state index is 10.9. The highest BCUT2D eigenvalue weighted by atomic mass is 79.9. The molecule has 0 aromatic carbocycles. The van der Waals surface area contributed by atoms with Gasteiger partial charge in [-0.1, -0.05) is 61.6 Å². The molecular formula is C5H4Br2Cl2O. The van der Waals surface area contributed by atoms with Gasteiger partial charge in [-0.05, 0) is 0 Å². The van der Waals surface area contributed by atoms with E-state index in [1.54, 1.807) is 0 Å². The SMILES string of the molecule is C=C(Br)C(Br)C(=O)C(Cl)Cl. The van der Waals surface area contributed by atoms with Gasteiger partial charge in [0.1, 0.15) is 4.83 Å². The van der Waals surface area contributed by atoms with Gasteiger partial charge in [-0.2, -0.15) is 0 Å². The number of Topliss-reactive ketones (excluding diaryl/α,β-unsaturated/α-hetero) is 1. The second kappa shape index (κ2) is 4.75. The average Bonchev–Trinajstić information content (AvgIpc) is 1.84. The molecular weight excluding hydrogens is 307 g/mol. The van der Waals surface area contributed by atoms with Gasteiger partial charge < -0.3 is 0 Å². The Kier molecular flexibility index (Phi) is 5.20. The van der Waals surface area contributed by atoms with Crippen LogP contribution in [0, 0.1) is 0 Å². The number of carbonyl (C=O) groups excluding carboxylic acids is 1. The number of ketones is 1. The number of rotatable bonds is 3.